The Hall–Kier alpha value is -0.900. The lowest BCUT2D eigenvalue weighted by atomic mass is 9.97. The minimum atomic E-state index is -0.974. The number of nitrogens with one attached hydrogen (secondary N) is 1. The first-order valence-corrected chi connectivity index (χ1v) is 3.59. The van der Waals surface area contributed by atoms with Crippen LogP contribution in [0.1, 0.15) is 19.3 Å². The second-order valence-corrected chi connectivity index (χ2v) is 2.88. The van der Waals surface area contributed by atoms with E-state index in [-0.39, 0.29) is 18.9 Å². The molecule has 1 atom stereocenters. The van der Waals surface area contributed by atoms with E-state index in [1.54, 1.807) is 0 Å². The first kappa shape index (κ1) is 8.20. The van der Waals surface area contributed by atoms with Gasteiger partial charge in [0.15, 0.2) is 0 Å². The van der Waals surface area contributed by atoms with Crippen LogP contribution in [0.3, 0.4) is 0 Å². The predicted octanol–water partition coefficient (Wildman–Crippen LogP) is -0.784. The zero-order valence-corrected chi connectivity index (χ0v) is 6.17. The van der Waals surface area contributed by atoms with E-state index in [0.29, 0.717) is 12.8 Å². The molecule has 1 aliphatic heterocycles. The van der Waals surface area contributed by atoms with Crippen LogP contribution >= 0.6 is 0 Å². The fourth-order valence-corrected chi connectivity index (χ4v) is 1.19. The molecule has 1 heterocycles. The predicted molar refractivity (Wildman–Crippen MR) is 37.9 cm³/mol. The van der Waals surface area contributed by atoms with Gasteiger partial charge < -0.3 is 15.2 Å². The van der Waals surface area contributed by atoms with Crippen molar-refractivity contribution in [1.82, 2.24) is 5.32 Å². The maximum absolute atomic E-state index is 10.7. The van der Waals surface area contributed by atoms with Crippen molar-refractivity contribution in [2.45, 2.75) is 24.9 Å². The van der Waals surface area contributed by atoms with Crippen LogP contribution in [0.2, 0.25) is 0 Å². The van der Waals surface area contributed by atoms with Gasteiger partial charge in [0.25, 0.3) is 0 Å². The fraction of sp³-hybridized carbons (Fsp3) is 0.714. The Kier molecular flexibility index (Phi) is 2.24. The highest BCUT2D eigenvalue weighted by Gasteiger charge is 2.35. The summed E-state index contributed by atoms with van der Waals surface area (Å²) in [4.78, 5) is 20.6. The third kappa shape index (κ3) is 2.01. The summed E-state index contributed by atoms with van der Waals surface area (Å²) in [5.74, 6) is -0.140. The van der Waals surface area contributed by atoms with Crippen molar-refractivity contribution in [3.63, 3.8) is 0 Å². The first-order valence-electron chi connectivity index (χ1n) is 3.59. The van der Waals surface area contributed by atoms with Crippen molar-refractivity contribution < 1.29 is 14.7 Å². The minimum absolute atomic E-state index is 0.126. The van der Waals surface area contributed by atoms with Crippen LogP contribution in [0, 0.1) is 0 Å². The van der Waals surface area contributed by atoms with Crippen molar-refractivity contribution in [2.75, 3.05) is 6.54 Å². The largest absolute Gasteiger partial charge is 0.387 e. The SMILES string of the molecule is O=CCCC1(O)CNC(=O)C1. The highest BCUT2D eigenvalue weighted by atomic mass is 16.3. The molecule has 0 bridgehead atoms. The highest BCUT2D eigenvalue weighted by molar-refractivity contribution is 5.79. The van der Waals surface area contributed by atoms with Gasteiger partial charge in [-0.2, -0.15) is 0 Å². The van der Waals surface area contributed by atoms with Crippen molar-refractivity contribution in [3.05, 3.63) is 0 Å². The Morgan fingerprint density at radius 1 is 1.73 bits per heavy atom. The van der Waals surface area contributed by atoms with Gasteiger partial charge in [-0.1, -0.05) is 0 Å². The van der Waals surface area contributed by atoms with Crippen LogP contribution in [0.25, 0.3) is 0 Å². The normalized spacial score (nSPS) is 30.1. The number of hydrogen-bond acceptors (Lipinski definition) is 3. The van der Waals surface area contributed by atoms with Crippen LogP contribution in [0.4, 0.5) is 0 Å². The molecule has 11 heavy (non-hydrogen) atoms. The van der Waals surface area contributed by atoms with Gasteiger partial charge >= 0.3 is 0 Å². The maximum atomic E-state index is 10.7. The summed E-state index contributed by atoms with van der Waals surface area (Å²) in [7, 11) is 0. The average molecular weight is 157 g/mol. The van der Waals surface area contributed by atoms with Gasteiger partial charge in [0, 0.05) is 13.0 Å². The molecule has 0 aliphatic carbocycles. The molecule has 1 rings (SSSR count). The second-order valence-electron chi connectivity index (χ2n) is 2.88. The van der Waals surface area contributed by atoms with E-state index in [4.69, 9.17) is 0 Å². The molecule has 1 unspecified atom stereocenters. The monoisotopic (exact) mass is 157 g/mol. The number of β-amino-alcohol motifs (C(OH)–C–C–N with tert-alkyl or cyclic N) is 1. The van der Waals surface area contributed by atoms with E-state index in [2.05, 4.69) is 5.32 Å². The van der Waals surface area contributed by atoms with Gasteiger partial charge in [-0.05, 0) is 6.42 Å². The third-order valence-corrected chi connectivity index (χ3v) is 1.83. The molecule has 0 aromatic rings. The zero-order valence-electron chi connectivity index (χ0n) is 6.17. The topological polar surface area (TPSA) is 66.4 Å². The Morgan fingerprint density at radius 3 is 2.91 bits per heavy atom. The van der Waals surface area contributed by atoms with E-state index in [0.717, 1.165) is 6.29 Å². The number of aldehydes is 1. The Labute approximate surface area is 64.6 Å². The lowest BCUT2D eigenvalue weighted by molar-refractivity contribution is -0.120. The van der Waals surface area contributed by atoms with Gasteiger partial charge in [0.2, 0.25) is 5.91 Å². The van der Waals surface area contributed by atoms with Crippen LogP contribution < -0.4 is 5.32 Å². The number of aliphatic hydroxyl groups is 1. The fourth-order valence-electron chi connectivity index (χ4n) is 1.19. The van der Waals surface area contributed by atoms with Gasteiger partial charge in [-0.15, -0.1) is 0 Å². The summed E-state index contributed by atoms with van der Waals surface area (Å²) < 4.78 is 0. The Morgan fingerprint density at radius 2 is 2.45 bits per heavy atom. The molecular weight excluding hydrogens is 146 g/mol. The molecule has 62 valence electrons. The summed E-state index contributed by atoms with van der Waals surface area (Å²) in [5.41, 5.74) is -0.974. The summed E-state index contributed by atoms with van der Waals surface area (Å²) >= 11 is 0. The third-order valence-electron chi connectivity index (χ3n) is 1.83. The molecule has 0 radical (unpaired) electrons. The Balaban J connectivity index is 2.41. The summed E-state index contributed by atoms with van der Waals surface area (Å²) in [6, 6.07) is 0. The molecule has 0 aromatic carbocycles. The highest BCUT2D eigenvalue weighted by Crippen LogP contribution is 2.20. The number of carbonyl (C=O) groups excluding carboxylic acids is 2. The van der Waals surface area contributed by atoms with Gasteiger partial charge in [0.05, 0.1) is 12.0 Å². The number of rotatable bonds is 3. The lowest BCUT2D eigenvalue weighted by Crippen LogP contribution is -2.31. The second kappa shape index (κ2) is 3.00. The molecule has 0 spiro atoms. The minimum Gasteiger partial charge on any atom is -0.387 e. The number of hydrogen-bond donors (Lipinski definition) is 2. The average Bonchev–Trinajstić information content (AvgIpc) is 2.28. The Bertz CT molecular complexity index is 181. The van der Waals surface area contributed by atoms with E-state index < -0.39 is 5.60 Å². The molecule has 1 aliphatic rings. The van der Waals surface area contributed by atoms with Crippen LogP contribution in [0.5, 0.6) is 0 Å². The van der Waals surface area contributed by atoms with Crippen molar-refractivity contribution in [3.8, 4) is 0 Å². The number of carbonyl (C=O) groups is 2. The van der Waals surface area contributed by atoms with E-state index in [1.165, 1.54) is 0 Å². The van der Waals surface area contributed by atoms with Crippen LogP contribution in [-0.2, 0) is 9.59 Å². The van der Waals surface area contributed by atoms with E-state index in [1.807, 2.05) is 0 Å². The standard InChI is InChI=1S/C7H11NO3/c9-3-1-2-7(11)4-6(10)8-5-7/h3,11H,1-2,4-5H2,(H,8,10). The molecule has 4 nitrogen and oxygen atoms in total. The van der Waals surface area contributed by atoms with E-state index >= 15 is 0 Å². The first-order chi connectivity index (χ1) is 5.16. The number of amides is 1. The van der Waals surface area contributed by atoms with Crippen LogP contribution in [0.15, 0.2) is 0 Å². The molecule has 1 amide bonds. The van der Waals surface area contributed by atoms with E-state index in [9.17, 15) is 14.7 Å². The quantitative estimate of drug-likeness (QED) is 0.528. The molecule has 1 fully saturated rings. The zero-order chi connectivity index (χ0) is 8.32. The molecule has 1 saturated heterocycles. The van der Waals surface area contributed by atoms with Gasteiger partial charge in [-0.3, -0.25) is 4.79 Å². The molecular formula is C7H11NO3. The molecule has 0 saturated carbocycles. The van der Waals surface area contributed by atoms with Crippen molar-refractivity contribution >= 4 is 12.2 Å². The maximum Gasteiger partial charge on any atom is 0.223 e. The summed E-state index contributed by atoms with van der Waals surface area (Å²) in [6.07, 6.45) is 1.56. The van der Waals surface area contributed by atoms with Crippen molar-refractivity contribution in [2.24, 2.45) is 0 Å². The summed E-state index contributed by atoms with van der Waals surface area (Å²) in [6.45, 7) is 0.277. The van der Waals surface area contributed by atoms with Gasteiger partial charge in [0.1, 0.15) is 6.29 Å². The summed E-state index contributed by atoms with van der Waals surface area (Å²) in [5, 5.41) is 12.1. The molecule has 2 N–H and O–H groups in total. The lowest BCUT2D eigenvalue weighted by Gasteiger charge is -2.17. The van der Waals surface area contributed by atoms with Gasteiger partial charge in [-0.25, -0.2) is 0 Å². The van der Waals surface area contributed by atoms with Crippen LogP contribution in [-0.4, -0.2) is 29.4 Å². The molecule has 4 heteroatoms. The van der Waals surface area contributed by atoms with Crippen molar-refractivity contribution in [1.29, 1.82) is 0 Å². The smallest absolute Gasteiger partial charge is 0.223 e. The molecule has 0 aromatic heterocycles.